The monoisotopic (exact) mass is 299 g/mol. The van der Waals surface area contributed by atoms with Crippen molar-refractivity contribution in [3.8, 4) is 0 Å². The molecule has 120 valence electrons. The van der Waals surface area contributed by atoms with Crippen LogP contribution in [0.1, 0.15) is 48.5 Å². The number of amides is 1. The topological polar surface area (TPSA) is 81.7 Å². The molecule has 0 aromatic rings. The molecule has 1 N–H and O–H groups in total. The van der Waals surface area contributed by atoms with E-state index < -0.39 is 35.1 Å². The van der Waals surface area contributed by atoms with E-state index in [0.29, 0.717) is 0 Å². The summed E-state index contributed by atoms with van der Waals surface area (Å²) in [7, 11) is 0. The van der Waals surface area contributed by atoms with Gasteiger partial charge in [0.15, 0.2) is 5.78 Å². The summed E-state index contributed by atoms with van der Waals surface area (Å²) in [5, 5.41) is 2.39. The maximum atomic E-state index is 11.7. The van der Waals surface area contributed by atoms with Crippen LogP contribution in [0.25, 0.3) is 0 Å². The van der Waals surface area contributed by atoms with Crippen LogP contribution in [0.3, 0.4) is 0 Å². The Balaban J connectivity index is 4.40. The molecule has 0 saturated carbocycles. The molecule has 0 heterocycles. The van der Waals surface area contributed by atoms with Crippen molar-refractivity contribution < 1.29 is 23.9 Å². The number of hydrogen-bond donors (Lipinski definition) is 1. The van der Waals surface area contributed by atoms with Crippen molar-refractivity contribution in [3.63, 3.8) is 0 Å². The zero-order chi connectivity index (χ0) is 16.8. The number of hydrogen-bond acceptors (Lipinski definition) is 5. The normalized spacial score (nSPS) is 13.7. The van der Waals surface area contributed by atoms with Crippen LogP contribution in [0, 0.1) is 0 Å². The number of carbonyl (C=O) groups excluding carboxylic acids is 3. The number of esters is 1. The average Bonchev–Trinajstić information content (AvgIpc) is 2.20. The van der Waals surface area contributed by atoms with E-state index in [4.69, 9.17) is 9.47 Å². The number of carbonyl (C=O) groups is 3. The molecule has 0 aliphatic carbocycles. The maximum Gasteiger partial charge on any atom is 0.408 e. The highest BCUT2D eigenvalue weighted by Gasteiger charge is 2.20. The highest BCUT2D eigenvalue weighted by Crippen LogP contribution is 2.08. The molecule has 0 saturated heterocycles. The van der Waals surface area contributed by atoms with Crippen LogP contribution in [0.4, 0.5) is 4.79 Å². The second kappa shape index (κ2) is 7.24. The third kappa shape index (κ3) is 10.6. The zero-order valence-electron chi connectivity index (χ0n) is 13.8. The van der Waals surface area contributed by atoms with Gasteiger partial charge in [-0.05, 0) is 54.5 Å². The SMILES string of the molecule is C[C@H](NC(=O)OC(C)(C)C)C(=O)/C=C/C(=O)OC(C)(C)C. The fourth-order valence-corrected chi connectivity index (χ4v) is 1.19. The van der Waals surface area contributed by atoms with E-state index in [1.54, 1.807) is 41.5 Å². The van der Waals surface area contributed by atoms with E-state index in [0.717, 1.165) is 12.2 Å². The van der Waals surface area contributed by atoms with Crippen LogP contribution in [0.5, 0.6) is 0 Å². The first kappa shape index (κ1) is 19.1. The number of ether oxygens (including phenoxy) is 2. The van der Waals surface area contributed by atoms with Crippen LogP contribution in [0.2, 0.25) is 0 Å². The largest absolute Gasteiger partial charge is 0.457 e. The highest BCUT2D eigenvalue weighted by atomic mass is 16.6. The molecule has 0 fully saturated rings. The number of nitrogens with one attached hydrogen (secondary N) is 1. The lowest BCUT2D eigenvalue weighted by molar-refractivity contribution is -0.148. The molecule has 1 amide bonds. The Labute approximate surface area is 125 Å². The Hall–Kier alpha value is -1.85. The summed E-state index contributed by atoms with van der Waals surface area (Å²) in [4.78, 5) is 34.7. The fraction of sp³-hybridized carbons (Fsp3) is 0.667. The minimum atomic E-state index is -0.793. The van der Waals surface area contributed by atoms with E-state index in [9.17, 15) is 14.4 Å². The van der Waals surface area contributed by atoms with Crippen LogP contribution in [-0.2, 0) is 19.1 Å². The van der Waals surface area contributed by atoms with Crippen molar-refractivity contribution in [1.82, 2.24) is 5.32 Å². The second-order valence-electron chi connectivity index (χ2n) is 6.64. The van der Waals surface area contributed by atoms with Gasteiger partial charge in [-0.1, -0.05) is 0 Å². The molecule has 21 heavy (non-hydrogen) atoms. The van der Waals surface area contributed by atoms with Gasteiger partial charge in [-0.15, -0.1) is 0 Å². The van der Waals surface area contributed by atoms with Crippen molar-refractivity contribution in [1.29, 1.82) is 0 Å². The summed E-state index contributed by atoms with van der Waals surface area (Å²) < 4.78 is 10.1. The third-order valence-corrected chi connectivity index (χ3v) is 1.95. The molecule has 1 atom stereocenters. The Morgan fingerprint density at radius 2 is 1.38 bits per heavy atom. The van der Waals surface area contributed by atoms with Crippen LogP contribution < -0.4 is 5.32 Å². The maximum absolute atomic E-state index is 11.7. The molecular formula is C15H25NO5. The van der Waals surface area contributed by atoms with Gasteiger partial charge in [0.1, 0.15) is 11.2 Å². The Morgan fingerprint density at radius 3 is 1.81 bits per heavy atom. The van der Waals surface area contributed by atoms with Crippen LogP contribution in [-0.4, -0.2) is 35.1 Å². The lowest BCUT2D eigenvalue weighted by Gasteiger charge is -2.21. The number of rotatable bonds is 4. The molecule has 0 unspecified atom stereocenters. The summed E-state index contributed by atoms with van der Waals surface area (Å²) >= 11 is 0. The van der Waals surface area contributed by atoms with E-state index in [-0.39, 0.29) is 0 Å². The van der Waals surface area contributed by atoms with E-state index >= 15 is 0 Å². The molecule has 6 heteroatoms. The summed E-state index contributed by atoms with van der Waals surface area (Å²) in [5.74, 6) is -1.04. The fourth-order valence-electron chi connectivity index (χ4n) is 1.19. The first-order valence-electron chi connectivity index (χ1n) is 6.74. The van der Waals surface area contributed by atoms with Gasteiger partial charge >= 0.3 is 12.1 Å². The molecule has 0 rings (SSSR count). The number of alkyl carbamates (subject to hydrolysis) is 1. The lowest BCUT2D eigenvalue weighted by Crippen LogP contribution is -2.41. The van der Waals surface area contributed by atoms with Gasteiger partial charge in [-0.25, -0.2) is 9.59 Å². The van der Waals surface area contributed by atoms with Crippen LogP contribution in [0.15, 0.2) is 12.2 Å². The first-order valence-corrected chi connectivity index (χ1v) is 6.74. The quantitative estimate of drug-likeness (QED) is 0.636. The molecule has 0 radical (unpaired) electrons. The Morgan fingerprint density at radius 1 is 0.905 bits per heavy atom. The molecule has 0 bridgehead atoms. The predicted octanol–water partition coefficient (Wildman–Crippen LogP) is 2.37. The van der Waals surface area contributed by atoms with Gasteiger partial charge in [-0.2, -0.15) is 0 Å². The Bertz CT molecular complexity index is 426. The smallest absolute Gasteiger partial charge is 0.408 e. The molecule has 0 aliphatic heterocycles. The van der Waals surface area contributed by atoms with Gasteiger partial charge in [0, 0.05) is 6.08 Å². The molecule has 0 aromatic carbocycles. The lowest BCUT2D eigenvalue weighted by atomic mass is 10.2. The van der Waals surface area contributed by atoms with Gasteiger partial charge in [-0.3, -0.25) is 4.79 Å². The standard InChI is InChI=1S/C15H25NO5/c1-10(16-13(19)21-15(5,6)7)11(17)8-9-12(18)20-14(2,3)4/h8-10H,1-7H3,(H,16,19)/b9-8+/t10-/m0/s1. The van der Waals surface area contributed by atoms with Crippen molar-refractivity contribution in [2.75, 3.05) is 0 Å². The third-order valence-electron chi connectivity index (χ3n) is 1.95. The minimum Gasteiger partial charge on any atom is -0.457 e. The van der Waals surface area contributed by atoms with Gasteiger partial charge in [0.05, 0.1) is 6.04 Å². The van der Waals surface area contributed by atoms with Gasteiger partial charge in [0.25, 0.3) is 0 Å². The molecule has 6 nitrogen and oxygen atoms in total. The minimum absolute atomic E-state index is 0.424. The van der Waals surface area contributed by atoms with Crippen LogP contribution >= 0.6 is 0 Å². The molecule has 0 aliphatic rings. The van der Waals surface area contributed by atoms with Crippen molar-refractivity contribution in [2.45, 2.75) is 65.7 Å². The number of ketones is 1. The van der Waals surface area contributed by atoms with E-state index in [1.807, 2.05) is 0 Å². The van der Waals surface area contributed by atoms with Crippen molar-refractivity contribution in [2.24, 2.45) is 0 Å². The second-order valence-corrected chi connectivity index (χ2v) is 6.64. The average molecular weight is 299 g/mol. The van der Waals surface area contributed by atoms with E-state index in [1.165, 1.54) is 6.92 Å². The first-order chi connectivity index (χ1) is 9.30. The summed E-state index contributed by atoms with van der Waals surface area (Å²) in [6.45, 7) is 11.9. The molecular weight excluding hydrogens is 274 g/mol. The Kier molecular flexibility index (Phi) is 6.60. The van der Waals surface area contributed by atoms with Crippen molar-refractivity contribution >= 4 is 17.8 Å². The summed E-state index contributed by atoms with van der Waals surface area (Å²) in [6, 6.07) is -0.793. The van der Waals surface area contributed by atoms with Gasteiger partial charge in [0.2, 0.25) is 0 Å². The molecule has 0 spiro atoms. The summed E-state index contributed by atoms with van der Waals surface area (Å²) in [5.41, 5.74) is -1.26. The van der Waals surface area contributed by atoms with Gasteiger partial charge < -0.3 is 14.8 Å². The van der Waals surface area contributed by atoms with E-state index in [2.05, 4.69) is 5.32 Å². The summed E-state index contributed by atoms with van der Waals surface area (Å²) in [6.07, 6.45) is 1.44. The highest BCUT2D eigenvalue weighted by molar-refractivity contribution is 5.99. The zero-order valence-corrected chi connectivity index (χ0v) is 13.8. The van der Waals surface area contributed by atoms with Crippen molar-refractivity contribution in [3.05, 3.63) is 12.2 Å². The predicted molar refractivity (Wildman–Crippen MR) is 78.8 cm³/mol. The molecule has 0 aromatic heterocycles.